The van der Waals surface area contributed by atoms with Crippen molar-refractivity contribution in [1.82, 2.24) is 19.7 Å². The maximum Gasteiger partial charge on any atom is 0.231 e. The van der Waals surface area contributed by atoms with Crippen LogP contribution in [0.3, 0.4) is 0 Å². The maximum atomic E-state index is 14.2. The zero-order valence-electron chi connectivity index (χ0n) is 25.6. The third-order valence-corrected chi connectivity index (χ3v) is 10.5. The Hall–Kier alpha value is -3.26. The predicted molar refractivity (Wildman–Crippen MR) is 163 cm³/mol. The quantitative estimate of drug-likeness (QED) is 0.336. The molecule has 0 aliphatic heterocycles. The van der Waals surface area contributed by atoms with Crippen molar-refractivity contribution in [3.8, 4) is 17.0 Å². The van der Waals surface area contributed by atoms with Crippen LogP contribution >= 0.6 is 0 Å². The molecule has 1 aromatic carbocycles. The molecule has 2 aromatic heterocycles. The molecule has 0 spiro atoms. The van der Waals surface area contributed by atoms with Crippen LogP contribution in [0.4, 0.5) is 5.82 Å². The summed E-state index contributed by atoms with van der Waals surface area (Å²) in [4.78, 5) is 25.7. The first-order chi connectivity index (χ1) is 20.2. The van der Waals surface area contributed by atoms with E-state index in [1.54, 1.807) is 19.5 Å². The van der Waals surface area contributed by atoms with Crippen LogP contribution < -0.4 is 9.64 Å². The van der Waals surface area contributed by atoms with E-state index < -0.39 is 0 Å². The first kappa shape index (κ1) is 28.8. The van der Waals surface area contributed by atoms with Gasteiger partial charge in [0.25, 0.3) is 0 Å². The Kier molecular flexibility index (Phi) is 7.85. The molecule has 1 amide bonds. The van der Waals surface area contributed by atoms with Crippen LogP contribution in [0.5, 0.6) is 5.75 Å². The Morgan fingerprint density at radius 1 is 1.07 bits per heavy atom. The number of hydrogen-bond acceptors (Lipinski definition) is 6. The van der Waals surface area contributed by atoms with E-state index in [0.29, 0.717) is 25.2 Å². The number of hydrogen-bond donors (Lipinski definition) is 1. The van der Waals surface area contributed by atoms with Crippen molar-refractivity contribution >= 4 is 11.7 Å². The number of rotatable bonds is 8. The molecule has 0 atom stereocenters. The molecule has 3 aromatic rings. The highest BCUT2D eigenvalue weighted by Gasteiger charge is 2.50. The van der Waals surface area contributed by atoms with Gasteiger partial charge in [0, 0.05) is 30.3 Å². The van der Waals surface area contributed by atoms with E-state index >= 15 is 0 Å². The molecule has 2 bridgehead atoms. The second-order valence-corrected chi connectivity index (χ2v) is 13.5. The monoisotopic (exact) mass is 571 g/mol. The van der Waals surface area contributed by atoms with Crippen LogP contribution in [0.2, 0.25) is 0 Å². The molecule has 0 unspecified atom stereocenters. The van der Waals surface area contributed by atoms with Gasteiger partial charge in [0.05, 0.1) is 37.5 Å². The second kappa shape index (κ2) is 11.4. The Morgan fingerprint density at radius 2 is 1.79 bits per heavy atom. The number of ether oxygens (including phenoxy) is 1. The lowest BCUT2D eigenvalue weighted by Gasteiger charge is -2.55. The summed E-state index contributed by atoms with van der Waals surface area (Å²) >= 11 is 0. The van der Waals surface area contributed by atoms with Gasteiger partial charge in [-0.15, -0.1) is 0 Å². The van der Waals surface area contributed by atoms with Gasteiger partial charge in [-0.2, -0.15) is 5.10 Å². The van der Waals surface area contributed by atoms with E-state index in [2.05, 4.69) is 49.1 Å². The molecule has 8 heteroatoms. The summed E-state index contributed by atoms with van der Waals surface area (Å²) in [5, 5.41) is 14.6. The van der Waals surface area contributed by atoms with Crippen molar-refractivity contribution < 1.29 is 14.6 Å². The minimum absolute atomic E-state index is 0.0767. The summed E-state index contributed by atoms with van der Waals surface area (Å²) in [7, 11) is 1.73. The fourth-order valence-electron chi connectivity index (χ4n) is 7.67. The number of aliphatic hydroxyl groups excluding tert-OH is 1. The Balaban J connectivity index is 1.27. The van der Waals surface area contributed by atoms with Gasteiger partial charge in [0.1, 0.15) is 5.75 Å². The average Bonchev–Trinajstić information content (AvgIpc) is 3.52. The Bertz CT molecular complexity index is 1400. The first-order valence-corrected chi connectivity index (χ1v) is 15.7. The van der Waals surface area contributed by atoms with Crippen LogP contribution in [-0.2, 0) is 10.2 Å². The van der Waals surface area contributed by atoms with E-state index in [-0.39, 0.29) is 34.8 Å². The zero-order valence-corrected chi connectivity index (χ0v) is 25.6. The summed E-state index contributed by atoms with van der Waals surface area (Å²) in [6, 6.07) is 6.96. The summed E-state index contributed by atoms with van der Waals surface area (Å²) < 4.78 is 7.44. The van der Waals surface area contributed by atoms with Gasteiger partial charge in [-0.3, -0.25) is 19.4 Å². The zero-order chi connectivity index (χ0) is 29.5. The van der Waals surface area contributed by atoms with E-state index in [4.69, 9.17) is 9.72 Å². The highest BCUT2D eigenvalue weighted by atomic mass is 16.5. The largest absolute Gasteiger partial charge is 0.496 e. The lowest BCUT2D eigenvalue weighted by atomic mass is 9.51. The summed E-state index contributed by atoms with van der Waals surface area (Å²) in [5.41, 5.74) is 4.55. The number of benzene rings is 1. The number of aromatic nitrogens is 4. The number of carbonyl (C=O) groups excluding carboxylic acids is 1. The summed E-state index contributed by atoms with van der Waals surface area (Å²) in [6.07, 6.45) is 16.5. The summed E-state index contributed by atoms with van der Waals surface area (Å²) in [5.74, 6) is 1.62. The topological polar surface area (TPSA) is 93.4 Å². The van der Waals surface area contributed by atoms with Gasteiger partial charge in [0.2, 0.25) is 5.91 Å². The van der Waals surface area contributed by atoms with Crippen molar-refractivity contribution in [2.75, 3.05) is 18.6 Å². The number of anilines is 1. The molecule has 1 N–H and O–H groups in total. The molecule has 8 nitrogen and oxygen atoms in total. The fraction of sp³-hybridized carbons (Fsp3) is 0.588. The molecule has 7 rings (SSSR count). The SMILES string of the molecule is COc1ccc(C23CCC(CN(C(=O)C4CCC(O)CC4)c4cncc(-c5cnn(C(C)C)c5)n4)(CC2)CC3)cc1C. The summed E-state index contributed by atoms with van der Waals surface area (Å²) in [6.45, 7) is 6.99. The lowest BCUT2D eigenvalue weighted by molar-refractivity contribution is -0.124. The molecule has 224 valence electrons. The van der Waals surface area contributed by atoms with Gasteiger partial charge in [-0.25, -0.2) is 4.98 Å². The van der Waals surface area contributed by atoms with Crippen LogP contribution in [0, 0.1) is 18.3 Å². The van der Waals surface area contributed by atoms with Crippen molar-refractivity contribution in [3.63, 3.8) is 0 Å². The van der Waals surface area contributed by atoms with Gasteiger partial charge in [-0.05, 0) is 113 Å². The highest BCUT2D eigenvalue weighted by molar-refractivity contribution is 5.94. The molecule has 42 heavy (non-hydrogen) atoms. The van der Waals surface area contributed by atoms with Crippen molar-refractivity contribution in [2.24, 2.45) is 11.3 Å². The molecule has 4 saturated carbocycles. The molecule has 0 saturated heterocycles. The first-order valence-electron chi connectivity index (χ1n) is 15.7. The Morgan fingerprint density at radius 3 is 2.40 bits per heavy atom. The molecule has 0 radical (unpaired) electrons. The van der Waals surface area contributed by atoms with E-state index in [0.717, 1.165) is 68.4 Å². The lowest BCUT2D eigenvalue weighted by Crippen LogP contribution is -2.52. The average molecular weight is 572 g/mol. The molecule has 4 aliphatic rings. The Labute approximate surface area is 249 Å². The number of carbonyl (C=O) groups is 1. The normalized spacial score (nSPS) is 27.3. The van der Waals surface area contributed by atoms with Crippen LogP contribution in [0.15, 0.2) is 43.0 Å². The highest BCUT2D eigenvalue weighted by Crippen LogP contribution is 2.58. The number of aryl methyl sites for hydroxylation is 1. The fourth-order valence-corrected chi connectivity index (χ4v) is 7.67. The number of nitrogens with zero attached hydrogens (tertiary/aromatic N) is 5. The van der Waals surface area contributed by atoms with E-state index in [1.807, 2.05) is 22.0 Å². The predicted octanol–water partition coefficient (Wildman–Crippen LogP) is 6.41. The van der Waals surface area contributed by atoms with Gasteiger partial charge < -0.3 is 9.84 Å². The van der Waals surface area contributed by atoms with Crippen LogP contribution in [0.1, 0.15) is 95.2 Å². The van der Waals surface area contributed by atoms with Gasteiger partial charge >= 0.3 is 0 Å². The van der Waals surface area contributed by atoms with Crippen LogP contribution in [0.25, 0.3) is 11.3 Å². The number of methoxy groups -OCH3 is 1. The second-order valence-electron chi connectivity index (χ2n) is 13.5. The molecule has 2 heterocycles. The van der Waals surface area contributed by atoms with E-state index in [1.165, 1.54) is 11.1 Å². The number of amides is 1. The number of aliphatic hydroxyl groups is 1. The molecular formula is C34H45N5O3. The third-order valence-electron chi connectivity index (χ3n) is 10.5. The smallest absolute Gasteiger partial charge is 0.231 e. The van der Waals surface area contributed by atoms with Gasteiger partial charge in [0.15, 0.2) is 5.82 Å². The standard InChI is InChI=1S/C34H45N5O3/c1-23(2)39-21-26(18-36-39)29-19-35-20-31(37-29)38(32(41)25-5-8-28(40)9-6-25)22-33-11-14-34(15-12-33,16-13-33)27-7-10-30(42-4)24(3)17-27/h7,10,17-21,23,25,28,40H,5-6,8-9,11-16,22H2,1-4H3. The van der Waals surface area contributed by atoms with Crippen molar-refractivity contribution in [3.05, 3.63) is 54.1 Å². The van der Waals surface area contributed by atoms with Gasteiger partial charge in [-0.1, -0.05) is 12.1 Å². The maximum absolute atomic E-state index is 14.2. The minimum Gasteiger partial charge on any atom is -0.496 e. The van der Waals surface area contributed by atoms with E-state index in [9.17, 15) is 9.90 Å². The molecular weight excluding hydrogens is 526 g/mol. The molecule has 4 fully saturated rings. The van der Waals surface area contributed by atoms with Crippen molar-refractivity contribution in [2.45, 2.75) is 103 Å². The molecule has 4 aliphatic carbocycles. The third kappa shape index (κ3) is 5.46. The number of fused-ring (bicyclic) bond motifs is 3. The van der Waals surface area contributed by atoms with Crippen LogP contribution in [-0.4, -0.2) is 50.5 Å². The minimum atomic E-state index is -0.298. The van der Waals surface area contributed by atoms with Crippen molar-refractivity contribution in [1.29, 1.82) is 0 Å².